The molecule has 1 aromatic carbocycles. The van der Waals surface area contributed by atoms with E-state index in [-0.39, 0.29) is 6.54 Å². The van der Waals surface area contributed by atoms with Crippen LogP contribution in [-0.2, 0) is 10.0 Å². The minimum absolute atomic E-state index is 0.0858. The highest BCUT2D eigenvalue weighted by atomic mass is 79.9. The van der Waals surface area contributed by atoms with E-state index in [4.69, 9.17) is 0 Å². The van der Waals surface area contributed by atoms with Crippen LogP contribution in [0.5, 0.6) is 0 Å². The number of rotatable bonds is 4. The van der Waals surface area contributed by atoms with Gasteiger partial charge in [0.15, 0.2) is 0 Å². The second-order valence-electron chi connectivity index (χ2n) is 5.81. The van der Waals surface area contributed by atoms with E-state index in [1.165, 1.54) is 12.1 Å². The zero-order valence-electron chi connectivity index (χ0n) is 11.8. The Morgan fingerprint density at radius 1 is 1.43 bits per heavy atom. The van der Waals surface area contributed by atoms with E-state index in [0.717, 1.165) is 18.9 Å². The van der Waals surface area contributed by atoms with Gasteiger partial charge in [0.25, 0.3) is 0 Å². The minimum Gasteiger partial charge on any atom is -0.389 e. The van der Waals surface area contributed by atoms with Crippen LogP contribution < -0.4 is 4.72 Å². The molecule has 118 valence electrons. The third-order valence-electron chi connectivity index (χ3n) is 3.98. The summed E-state index contributed by atoms with van der Waals surface area (Å²) < 4.78 is 40.8. The Morgan fingerprint density at radius 2 is 2.05 bits per heavy atom. The molecule has 1 fully saturated rings. The Labute approximate surface area is 132 Å². The normalized spacial score (nSPS) is 26.8. The average molecular weight is 380 g/mol. The van der Waals surface area contributed by atoms with Crippen molar-refractivity contribution in [3.63, 3.8) is 0 Å². The van der Waals surface area contributed by atoms with E-state index in [2.05, 4.69) is 27.6 Å². The third-order valence-corrected chi connectivity index (χ3v) is 5.91. The lowest BCUT2D eigenvalue weighted by atomic mass is 9.80. The summed E-state index contributed by atoms with van der Waals surface area (Å²) in [6.45, 7) is 2.03. The van der Waals surface area contributed by atoms with Gasteiger partial charge in [0.2, 0.25) is 10.0 Å². The quantitative estimate of drug-likeness (QED) is 0.844. The number of hydrogen-bond donors (Lipinski definition) is 2. The number of nitrogens with one attached hydrogen (secondary N) is 1. The second kappa shape index (κ2) is 6.32. The molecule has 1 aliphatic carbocycles. The lowest BCUT2D eigenvalue weighted by Gasteiger charge is -2.34. The first kappa shape index (κ1) is 16.9. The molecule has 1 aliphatic rings. The third kappa shape index (κ3) is 4.25. The largest absolute Gasteiger partial charge is 0.389 e. The van der Waals surface area contributed by atoms with E-state index in [1.54, 1.807) is 0 Å². The van der Waals surface area contributed by atoms with Crippen LogP contribution in [0.4, 0.5) is 4.39 Å². The summed E-state index contributed by atoms with van der Waals surface area (Å²) in [7, 11) is -3.96. The number of benzene rings is 1. The van der Waals surface area contributed by atoms with Crippen molar-refractivity contribution in [1.29, 1.82) is 0 Å². The first-order chi connectivity index (χ1) is 9.72. The topological polar surface area (TPSA) is 66.4 Å². The van der Waals surface area contributed by atoms with E-state index < -0.39 is 26.3 Å². The van der Waals surface area contributed by atoms with Crippen LogP contribution in [0.3, 0.4) is 0 Å². The number of sulfonamides is 1. The van der Waals surface area contributed by atoms with Gasteiger partial charge in [0, 0.05) is 11.0 Å². The number of hydrogen-bond acceptors (Lipinski definition) is 3. The highest BCUT2D eigenvalue weighted by Crippen LogP contribution is 2.31. The van der Waals surface area contributed by atoms with Crippen molar-refractivity contribution in [2.24, 2.45) is 5.92 Å². The monoisotopic (exact) mass is 379 g/mol. The second-order valence-corrected chi connectivity index (χ2v) is 8.46. The average Bonchev–Trinajstić information content (AvgIpc) is 2.40. The highest BCUT2D eigenvalue weighted by molar-refractivity contribution is 9.10. The summed E-state index contributed by atoms with van der Waals surface area (Å²) in [4.78, 5) is -0.404. The summed E-state index contributed by atoms with van der Waals surface area (Å²) >= 11 is 3.08. The summed E-state index contributed by atoms with van der Waals surface area (Å²) in [5.74, 6) is -0.271. The van der Waals surface area contributed by atoms with Crippen molar-refractivity contribution in [3.8, 4) is 0 Å². The molecule has 0 radical (unpaired) electrons. The highest BCUT2D eigenvalue weighted by Gasteiger charge is 2.33. The van der Waals surface area contributed by atoms with Crippen molar-refractivity contribution in [1.82, 2.24) is 4.72 Å². The van der Waals surface area contributed by atoms with Crippen LogP contribution >= 0.6 is 15.9 Å². The molecule has 0 unspecified atom stereocenters. The Hall–Kier alpha value is -0.500. The predicted molar refractivity (Wildman–Crippen MR) is 81.9 cm³/mol. The molecule has 2 rings (SSSR count). The van der Waals surface area contributed by atoms with Crippen molar-refractivity contribution in [2.75, 3.05) is 6.54 Å². The van der Waals surface area contributed by atoms with Gasteiger partial charge in [-0.1, -0.05) is 22.9 Å². The standard InChI is InChI=1S/C14H19BrFNO3S/c1-10-4-6-14(18,7-5-10)9-17-21(19,20)13-3-2-11(15)8-12(13)16/h2-3,8,10,17-18H,4-7,9H2,1H3. The summed E-state index contributed by atoms with van der Waals surface area (Å²) in [6, 6.07) is 3.77. The van der Waals surface area contributed by atoms with Crippen molar-refractivity contribution < 1.29 is 17.9 Å². The zero-order chi connectivity index (χ0) is 15.7. The molecule has 21 heavy (non-hydrogen) atoms. The van der Waals surface area contributed by atoms with Crippen LogP contribution in [0.2, 0.25) is 0 Å². The minimum atomic E-state index is -3.96. The molecule has 0 heterocycles. The van der Waals surface area contributed by atoms with Crippen LogP contribution in [0, 0.1) is 11.7 Å². The van der Waals surface area contributed by atoms with E-state index in [9.17, 15) is 17.9 Å². The summed E-state index contributed by atoms with van der Waals surface area (Å²) in [6.07, 6.45) is 2.84. The van der Waals surface area contributed by atoms with Gasteiger partial charge in [-0.15, -0.1) is 0 Å². The molecule has 2 N–H and O–H groups in total. The molecule has 0 spiro atoms. The van der Waals surface area contributed by atoms with E-state index in [0.29, 0.717) is 23.2 Å². The van der Waals surface area contributed by atoms with Crippen molar-refractivity contribution in [3.05, 3.63) is 28.5 Å². The molecule has 7 heteroatoms. The van der Waals surface area contributed by atoms with Gasteiger partial charge in [-0.25, -0.2) is 17.5 Å². The van der Waals surface area contributed by atoms with Gasteiger partial charge in [0.05, 0.1) is 5.60 Å². The Balaban J connectivity index is 2.08. The smallest absolute Gasteiger partial charge is 0.243 e. The van der Waals surface area contributed by atoms with Crippen molar-refractivity contribution >= 4 is 26.0 Å². The molecular formula is C14H19BrFNO3S. The first-order valence-corrected chi connectivity index (χ1v) is 9.17. The zero-order valence-corrected chi connectivity index (χ0v) is 14.2. The Kier molecular flexibility index (Phi) is 5.07. The first-order valence-electron chi connectivity index (χ1n) is 6.89. The molecular weight excluding hydrogens is 361 g/mol. The lowest BCUT2D eigenvalue weighted by Crippen LogP contribution is -2.45. The SMILES string of the molecule is CC1CCC(O)(CNS(=O)(=O)c2ccc(Br)cc2F)CC1. The Bertz CT molecular complexity index is 613. The maximum Gasteiger partial charge on any atom is 0.243 e. The fraction of sp³-hybridized carbons (Fsp3) is 0.571. The van der Waals surface area contributed by atoms with Crippen LogP contribution in [-0.4, -0.2) is 25.7 Å². The molecule has 4 nitrogen and oxygen atoms in total. The number of halogens is 2. The molecule has 0 aliphatic heterocycles. The number of aliphatic hydroxyl groups is 1. The lowest BCUT2D eigenvalue weighted by molar-refractivity contribution is -0.00183. The summed E-state index contributed by atoms with van der Waals surface area (Å²) in [5, 5.41) is 10.4. The van der Waals surface area contributed by atoms with E-state index in [1.807, 2.05) is 0 Å². The summed E-state index contributed by atoms with van der Waals surface area (Å²) in [5.41, 5.74) is -1.04. The molecule has 0 atom stereocenters. The van der Waals surface area contributed by atoms with Gasteiger partial charge in [-0.05, 0) is 49.8 Å². The Morgan fingerprint density at radius 3 is 2.62 bits per heavy atom. The molecule has 1 aromatic rings. The van der Waals surface area contributed by atoms with Gasteiger partial charge in [0.1, 0.15) is 10.7 Å². The molecule has 0 saturated heterocycles. The molecule has 0 bridgehead atoms. The van der Waals surface area contributed by atoms with Gasteiger partial charge >= 0.3 is 0 Å². The van der Waals surface area contributed by atoms with E-state index >= 15 is 0 Å². The van der Waals surface area contributed by atoms with Gasteiger partial charge in [-0.2, -0.15) is 0 Å². The molecule has 0 aromatic heterocycles. The fourth-order valence-corrected chi connectivity index (χ4v) is 3.99. The fourth-order valence-electron chi connectivity index (χ4n) is 2.48. The van der Waals surface area contributed by atoms with Gasteiger partial charge < -0.3 is 5.11 Å². The van der Waals surface area contributed by atoms with Gasteiger partial charge in [-0.3, -0.25) is 0 Å². The van der Waals surface area contributed by atoms with Crippen LogP contribution in [0.25, 0.3) is 0 Å². The molecule has 0 amide bonds. The predicted octanol–water partition coefficient (Wildman–Crippen LogP) is 2.81. The van der Waals surface area contributed by atoms with Crippen molar-refractivity contribution in [2.45, 2.75) is 43.1 Å². The maximum absolute atomic E-state index is 13.7. The van der Waals surface area contributed by atoms with Crippen LogP contribution in [0.15, 0.2) is 27.6 Å². The van der Waals surface area contributed by atoms with Crippen LogP contribution in [0.1, 0.15) is 32.6 Å². The molecule has 1 saturated carbocycles. The maximum atomic E-state index is 13.7.